The predicted octanol–water partition coefficient (Wildman–Crippen LogP) is 8.47. The summed E-state index contributed by atoms with van der Waals surface area (Å²) in [6.07, 6.45) is 7.45. The van der Waals surface area contributed by atoms with E-state index in [2.05, 4.69) is 41.5 Å². The summed E-state index contributed by atoms with van der Waals surface area (Å²) in [5, 5.41) is 0. The van der Waals surface area contributed by atoms with Crippen LogP contribution in [0.5, 0.6) is 0 Å². The van der Waals surface area contributed by atoms with Crippen LogP contribution in [0.1, 0.15) is 134 Å². The highest BCUT2D eigenvalue weighted by atomic mass is 16.5. The van der Waals surface area contributed by atoms with Crippen LogP contribution in [0.25, 0.3) is 0 Å². The molecular weight excluding hydrogens is 560 g/mol. The molecule has 0 unspecified atom stereocenters. The second-order valence-electron chi connectivity index (χ2n) is 11.4. The van der Waals surface area contributed by atoms with Crippen LogP contribution in [0.3, 0.4) is 0 Å². The molecule has 0 bridgehead atoms. The molecule has 0 fully saturated rings. The molecule has 0 amide bonds. The molecule has 8 heteroatoms. The first kappa shape index (κ1) is 38.3. The Labute approximate surface area is 263 Å². The summed E-state index contributed by atoms with van der Waals surface area (Å²) in [6.45, 7) is 13.9. The fraction of sp³-hybridized carbons (Fsp3) is 0.556. The standard InChI is InChI=1S/2C18H26O4/c1-13(2)9-11-21-17(19)15-7-5-6-8-16(15)18(20)22-12-10-14(3)4;1-3-5-9-13-21-17(19)15-11-7-8-12-16(15)18(20)22-14-10-6-4-2/h5-8,13-14H,9-12H2,1-4H3;7-8,11-12H,3-6,9-10,13-14H2,1-2H3. The molecule has 0 aliphatic heterocycles. The van der Waals surface area contributed by atoms with Gasteiger partial charge in [0.15, 0.2) is 0 Å². The molecule has 0 aliphatic carbocycles. The molecule has 0 aliphatic rings. The van der Waals surface area contributed by atoms with Crippen molar-refractivity contribution in [1.82, 2.24) is 0 Å². The van der Waals surface area contributed by atoms with Crippen LogP contribution in [-0.4, -0.2) is 50.3 Å². The van der Waals surface area contributed by atoms with Gasteiger partial charge < -0.3 is 18.9 Å². The maximum Gasteiger partial charge on any atom is 0.339 e. The zero-order chi connectivity index (χ0) is 32.7. The molecular formula is C36H52O8. The average Bonchev–Trinajstić information content (AvgIpc) is 3.01. The Bertz CT molecular complexity index is 1050. The molecule has 0 atom stereocenters. The van der Waals surface area contributed by atoms with Gasteiger partial charge in [-0.05, 0) is 61.8 Å². The molecule has 0 heterocycles. The minimum absolute atomic E-state index is 0.265. The van der Waals surface area contributed by atoms with Crippen LogP contribution < -0.4 is 0 Å². The zero-order valence-electron chi connectivity index (χ0n) is 27.5. The van der Waals surface area contributed by atoms with Gasteiger partial charge in [-0.15, -0.1) is 0 Å². The zero-order valence-corrected chi connectivity index (χ0v) is 27.5. The number of ether oxygens (including phenoxy) is 4. The maximum absolute atomic E-state index is 12.1. The number of carbonyl (C=O) groups excluding carboxylic acids is 4. The third kappa shape index (κ3) is 15.7. The van der Waals surface area contributed by atoms with E-state index in [0.29, 0.717) is 38.3 Å². The molecule has 244 valence electrons. The second-order valence-corrected chi connectivity index (χ2v) is 11.4. The largest absolute Gasteiger partial charge is 0.462 e. The number of benzene rings is 2. The normalized spacial score (nSPS) is 10.5. The van der Waals surface area contributed by atoms with Gasteiger partial charge in [0, 0.05) is 0 Å². The van der Waals surface area contributed by atoms with E-state index >= 15 is 0 Å². The molecule has 44 heavy (non-hydrogen) atoms. The van der Waals surface area contributed by atoms with Crippen molar-refractivity contribution in [2.75, 3.05) is 26.4 Å². The maximum atomic E-state index is 12.1. The van der Waals surface area contributed by atoms with E-state index in [-0.39, 0.29) is 22.3 Å². The van der Waals surface area contributed by atoms with Crippen LogP contribution >= 0.6 is 0 Å². The summed E-state index contributed by atoms with van der Waals surface area (Å²) in [6, 6.07) is 13.3. The van der Waals surface area contributed by atoms with E-state index in [1.54, 1.807) is 48.5 Å². The molecule has 0 aromatic heterocycles. The minimum atomic E-state index is -0.475. The first-order chi connectivity index (χ1) is 21.1. The lowest BCUT2D eigenvalue weighted by Gasteiger charge is -2.11. The molecule has 0 spiro atoms. The van der Waals surface area contributed by atoms with Gasteiger partial charge in [0.05, 0.1) is 48.7 Å². The predicted molar refractivity (Wildman–Crippen MR) is 172 cm³/mol. The van der Waals surface area contributed by atoms with Gasteiger partial charge in [0.2, 0.25) is 0 Å². The van der Waals surface area contributed by atoms with Gasteiger partial charge in [0.1, 0.15) is 0 Å². The Balaban J connectivity index is 0.000000440. The van der Waals surface area contributed by atoms with Crippen molar-refractivity contribution < 1.29 is 38.1 Å². The Morgan fingerprint density at radius 1 is 0.477 bits per heavy atom. The lowest BCUT2D eigenvalue weighted by atomic mass is 10.1. The fourth-order valence-electron chi connectivity index (χ4n) is 3.80. The van der Waals surface area contributed by atoms with Crippen molar-refractivity contribution in [3.8, 4) is 0 Å². The Hall–Kier alpha value is -3.68. The summed E-state index contributed by atoms with van der Waals surface area (Å²) in [7, 11) is 0. The highest BCUT2D eigenvalue weighted by molar-refractivity contribution is 6.03. The highest BCUT2D eigenvalue weighted by Gasteiger charge is 2.20. The van der Waals surface area contributed by atoms with Crippen LogP contribution in [-0.2, 0) is 18.9 Å². The van der Waals surface area contributed by atoms with E-state index in [0.717, 1.165) is 51.4 Å². The van der Waals surface area contributed by atoms with Gasteiger partial charge >= 0.3 is 23.9 Å². The third-order valence-corrected chi connectivity index (χ3v) is 6.55. The van der Waals surface area contributed by atoms with Crippen LogP contribution in [0, 0.1) is 11.8 Å². The lowest BCUT2D eigenvalue weighted by Crippen LogP contribution is -2.15. The summed E-state index contributed by atoms with van der Waals surface area (Å²) in [4.78, 5) is 48.4. The van der Waals surface area contributed by atoms with E-state index in [9.17, 15) is 19.2 Å². The third-order valence-electron chi connectivity index (χ3n) is 6.55. The Morgan fingerprint density at radius 2 is 0.750 bits per heavy atom. The number of carbonyl (C=O) groups is 4. The van der Waals surface area contributed by atoms with Gasteiger partial charge in [-0.1, -0.05) is 91.5 Å². The lowest BCUT2D eigenvalue weighted by molar-refractivity contribution is 0.0440. The van der Waals surface area contributed by atoms with E-state index in [4.69, 9.17) is 18.9 Å². The summed E-state index contributed by atoms with van der Waals surface area (Å²) < 4.78 is 20.9. The monoisotopic (exact) mass is 612 g/mol. The van der Waals surface area contributed by atoms with Gasteiger partial charge in [-0.25, -0.2) is 19.2 Å². The topological polar surface area (TPSA) is 105 Å². The van der Waals surface area contributed by atoms with E-state index in [1.807, 2.05) is 0 Å². The number of esters is 4. The molecule has 0 radical (unpaired) electrons. The molecule has 8 nitrogen and oxygen atoms in total. The Kier molecular flexibility index (Phi) is 19.9. The summed E-state index contributed by atoms with van der Waals surface area (Å²) >= 11 is 0. The average molecular weight is 613 g/mol. The molecule has 0 saturated carbocycles. The van der Waals surface area contributed by atoms with E-state index in [1.165, 1.54) is 0 Å². The first-order valence-electron chi connectivity index (χ1n) is 16.0. The van der Waals surface area contributed by atoms with Gasteiger partial charge in [-0.3, -0.25) is 0 Å². The van der Waals surface area contributed by atoms with Gasteiger partial charge in [0.25, 0.3) is 0 Å². The van der Waals surface area contributed by atoms with Crippen molar-refractivity contribution in [2.45, 2.75) is 92.9 Å². The summed E-state index contributed by atoms with van der Waals surface area (Å²) in [5.41, 5.74) is 1.08. The van der Waals surface area contributed by atoms with E-state index < -0.39 is 23.9 Å². The SMILES string of the molecule is CC(C)CCOC(=O)c1ccccc1C(=O)OCCC(C)C.CCCCCOC(=O)c1ccccc1C(=O)OCCCCC. The molecule has 2 aromatic carbocycles. The quantitative estimate of drug-likeness (QED) is 0.0938. The smallest absolute Gasteiger partial charge is 0.339 e. The van der Waals surface area contributed by atoms with Crippen LogP contribution in [0.4, 0.5) is 0 Å². The molecule has 2 rings (SSSR count). The number of hydrogen-bond acceptors (Lipinski definition) is 8. The Morgan fingerprint density at radius 3 is 1.00 bits per heavy atom. The minimum Gasteiger partial charge on any atom is -0.462 e. The molecule has 0 saturated heterocycles. The van der Waals surface area contributed by atoms with Crippen LogP contribution in [0.15, 0.2) is 48.5 Å². The fourth-order valence-corrected chi connectivity index (χ4v) is 3.80. The van der Waals surface area contributed by atoms with Gasteiger partial charge in [-0.2, -0.15) is 0 Å². The highest BCUT2D eigenvalue weighted by Crippen LogP contribution is 2.15. The molecule has 2 aromatic rings. The summed E-state index contributed by atoms with van der Waals surface area (Å²) in [5.74, 6) is -0.948. The van der Waals surface area contributed by atoms with Crippen LogP contribution in [0.2, 0.25) is 0 Å². The van der Waals surface area contributed by atoms with Crippen molar-refractivity contribution in [3.63, 3.8) is 0 Å². The second kappa shape index (κ2) is 22.8. The number of unbranched alkanes of at least 4 members (excludes halogenated alkanes) is 4. The van der Waals surface area contributed by atoms with Crippen molar-refractivity contribution in [1.29, 1.82) is 0 Å². The molecule has 0 N–H and O–H groups in total. The van der Waals surface area contributed by atoms with Crippen molar-refractivity contribution in [2.24, 2.45) is 11.8 Å². The number of hydrogen-bond donors (Lipinski definition) is 0. The van der Waals surface area contributed by atoms with Crippen molar-refractivity contribution >= 4 is 23.9 Å². The first-order valence-corrected chi connectivity index (χ1v) is 16.0. The number of rotatable bonds is 18. The van der Waals surface area contributed by atoms with Crippen molar-refractivity contribution in [3.05, 3.63) is 70.8 Å².